The molecule has 0 N–H and O–H groups in total. The maximum Gasteiger partial charge on any atom is 0.417 e. The zero-order valence-electron chi connectivity index (χ0n) is 19.2. The van der Waals surface area contributed by atoms with E-state index in [1.54, 1.807) is 0 Å². The van der Waals surface area contributed by atoms with Gasteiger partial charge in [0, 0.05) is 17.5 Å². The Morgan fingerprint density at radius 1 is 0.974 bits per heavy atom. The molecule has 0 aliphatic carbocycles. The van der Waals surface area contributed by atoms with Crippen molar-refractivity contribution in [2.75, 3.05) is 11.5 Å². The van der Waals surface area contributed by atoms with Gasteiger partial charge >= 0.3 is 12.4 Å². The number of hydrogen-bond acceptors (Lipinski definition) is 2. The normalized spacial score (nSPS) is 14.6. The van der Waals surface area contributed by atoms with Crippen molar-refractivity contribution in [3.8, 4) is 0 Å². The molecular weight excluding hydrogens is 614 g/mol. The Labute approximate surface area is 231 Å². The number of alkyl halides is 8. The van der Waals surface area contributed by atoms with E-state index in [0.29, 0.717) is 6.07 Å². The predicted molar refractivity (Wildman–Crippen MR) is 132 cm³/mol. The minimum absolute atomic E-state index is 0.0647. The summed E-state index contributed by atoms with van der Waals surface area (Å²) in [7, 11) is 0. The van der Waals surface area contributed by atoms with Crippen LogP contribution in [0.1, 0.15) is 46.3 Å². The monoisotopic (exact) mass is 630 g/mol. The molecule has 0 fully saturated rings. The standard InChI is InChI=1S/C24H18Cl3F9OS/c1-11(9-38-10-21(29)30)4-20(37)14-3-2-12(5-16(14)24(34,35)36)19(28)8-15(23(31,32)33)13-6-17(25)22(27)18(26)7-13/h2-3,5-8,11,15,21H,4,9-10H2,1H3/b19-8-/t11-,15?/m0/s1. The Bertz CT molecular complexity index is 1160. The van der Waals surface area contributed by atoms with Crippen molar-refractivity contribution < 1.29 is 44.3 Å². The van der Waals surface area contributed by atoms with E-state index in [9.17, 15) is 44.3 Å². The van der Waals surface area contributed by atoms with E-state index in [1.165, 1.54) is 6.92 Å². The Hall–Kier alpha value is -1.56. The number of ketones is 1. The van der Waals surface area contributed by atoms with Crippen LogP contribution in [0.5, 0.6) is 0 Å². The molecule has 0 aliphatic rings. The fourth-order valence-electron chi connectivity index (χ4n) is 3.39. The van der Waals surface area contributed by atoms with Gasteiger partial charge in [0.1, 0.15) is 11.7 Å². The topological polar surface area (TPSA) is 17.1 Å². The fourth-order valence-corrected chi connectivity index (χ4v) is 4.84. The van der Waals surface area contributed by atoms with Crippen LogP contribution in [0.15, 0.2) is 36.4 Å². The molecule has 2 atom stereocenters. The van der Waals surface area contributed by atoms with E-state index in [0.717, 1.165) is 30.0 Å². The number of benzene rings is 2. The molecule has 0 saturated heterocycles. The molecule has 0 aromatic heterocycles. The maximum atomic E-state index is 15.0. The summed E-state index contributed by atoms with van der Waals surface area (Å²) in [6.07, 6.45) is -13.2. The Morgan fingerprint density at radius 3 is 2.05 bits per heavy atom. The summed E-state index contributed by atoms with van der Waals surface area (Å²) in [6.45, 7) is 1.49. The van der Waals surface area contributed by atoms with Gasteiger partial charge in [-0.3, -0.25) is 4.79 Å². The van der Waals surface area contributed by atoms with Gasteiger partial charge in [-0.1, -0.05) is 53.9 Å². The second-order valence-corrected chi connectivity index (χ2v) is 10.5. The third kappa shape index (κ3) is 8.99. The highest BCUT2D eigenvalue weighted by Gasteiger charge is 2.41. The smallest absolute Gasteiger partial charge is 0.294 e. The lowest BCUT2D eigenvalue weighted by atomic mass is 9.93. The molecule has 0 saturated carbocycles. The van der Waals surface area contributed by atoms with Crippen LogP contribution in [-0.4, -0.2) is 29.9 Å². The van der Waals surface area contributed by atoms with E-state index < -0.39 is 76.7 Å². The summed E-state index contributed by atoms with van der Waals surface area (Å²) in [5, 5.41) is -0.929. The summed E-state index contributed by atoms with van der Waals surface area (Å²) in [5.41, 5.74) is -3.82. The molecule has 38 heavy (non-hydrogen) atoms. The van der Waals surface area contributed by atoms with Gasteiger partial charge in [0.25, 0.3) is 0 Å². The highest BCUT2D eigenvalue weighted by Crippen LogP contribution is 2.43. The minimum atomic E-state index is -5.14. The number of Topliss-reactive ketones (excluding diaryl/α,β-unsaturated/α-hetero) is 1. The van der Waals surface area contributed by atoms with Crippen LogP contribution in [0.4, 0.5) is 39.5 Å². The Balaban J connectivity index is 2.44. The van der Waals surface area contributed by atoms with E-state index >= 15 is 0 Å². The van der Waals surface area contributed by atoms with Gasteiger partial charge in [-0.25, -0.2) is 13.2 Å². The van der Waals surface area contributed by atoms with Gasteiger partial charge in [-0.15, -0.1) is 0 Å². The van der Waals surface area contributed by atoms with Crippen LogP contribution < -0.4 is 0 Å². The molecule has 210 valence electrons. The molecule has 1 nitrogen and oxygen atoms in total. The number of rotatable bonds is 10. The Morgan fingerprint density at radius 2 is 1.55 bits per heavy atom. The lowest BCUT2D eigenvalue weighted by Crippen LogP contribution is -2.19. The first kappa shape index (κ1) is 32.7. The van der Waals surface area contributed by atoms with Crippen LogP contribution in [0.25, 0.3) is 5.83 Å². The lowest BCUT2D eigenvalue weighted by Gasteiger charge is -2.19. The first-order valence-corrected chi connectivity index (χ1v) is 12.9. The van der Waals surface area contributed by atoms with Crippen LogP contribution in [-0.2, 0) is 6.18 Å². The molecular formula is C24H18Cl3F9OS. The van der Waals surface area contributed by atoms with Crippen molar-refractivity contribution in [1.82, 2.24) is 0 Å². The van der Waals surface area contributed by atoms with E-state index in [4.69, 9.17) is 34.8 Å². The van der Waals surface area contributed by atoms with Gasteiger partial charge in [0.2, 0.25) is 6.43 Å². The Kier molecular flexibility index (Phi) is 11.3. The summed E-state index contributed by atoms with van der Waals surface area (Å²) < 4.78 is 122. The predicted octanol–water partition coefficient (Wildman–Crippen LogP) is 10.5. The molecule has 0 radical (unpaired) electrons. The van der Waals surface area contributed by atoms with Gasteiger partial charge in [-0.2, -0.15) is 38.1 Å². The first-order valence-electron chi connectivity index (χ1n) is 10.6. The highest BCUT2D eigenvalue weighted by molar-refractivity contribution is 7.99. The SMILES string of the molecule is C[C@H](CSCC(F)F)CC(=O)c1ccc(/C(F)=C/C(c2cc(Cl)c(Cl)c(Cl)c2)C(F)(F)F)cc1C(F)(F)F. The van der Waals surface area contributed by atoms with Crippen LogP contribution in [0, 0.1) is 5.92 Å². The number of halogens is 12. The third-order valence-electron chi connectivity index (χ3n) is 5.11. The molecule has 0 amide bonds. The van der Waals surface area contributed by atoms with Crippen molar-refractivity contribution in [2.24, 2.45) is 5.92 Å². The molecule has 2 rings (SSSR count). The molecule has 2 aromatic rings. The van der Waals surface area contributed by atoms with E-state index in [1.807, 2.05) is 0 Å². The van der Waals surface area contributed by atoms with E-state index in [-0.39, 0.29) is 33.0 Å². The first-order chi connectivity index (χ1) is 17.4. The maximum absolute atomic E-state index is 15.0. The summed E-state index contributed by atoms with van der Waals surface area (Å²) in [5.74, 6) is -6.22. The van der Waals surface area contributed by atoms with Crippen molar-refractivity contribution in [3.63, 3.8) is 0 Å². The number of thioether (sulfide) groups is 1. The zero-order chi connectivity index (χ0) is 29.0. The van der Waals surface area contributed by atoms with Gasteiger partial charge in [0.15, 0.2) is 5.78 Å². The van der Waals surface area contributed by atoms with Crippen LogP contribution >= 0.6 is 46.6 Å². The quantitative estimate of drug-likeness (QED) is 0.147. The van der Waals surface area contributed by atoms with E-state index in [2.05, 4.69) is 0 Å². The highest BCUT2D eigenvalue weighted by atomic mass is 35.5. The fraction of sp³-hybridized carbons (Fsp3) is 0.375. The largest absolute Gasteiger partial charge is 0.417 e. The van der Waals surface area contributed by atoms with Crippen molar-refractivity contribution >= 4 is 58.2 Å². The molecule has 0 bridgehead atoms. The molecule has 2 aromatic carbocycles. The van der Waals surface area contributed by atoms with Gasteiger partial charge in [0.05, 0.1) is 26.4 Å². The van der Waals surface area contributed by atoms with Gasteiger partial charge < -0.3 is 0 Å². The number of allylic oxidation sites excluding steroid dienone is 1. The van der Waals surface area contributed by atoms with Gasteiger partial charge in [-0.05, 0) is 41.5 Å². The van der Waals surface area contributed by atoms with Crippen LogP contribution in [0.3, 0.4) is 0 Å². The zero-order valence-corrected chi connectivity index (χ0v) is 22.3. The minimum Gasteiger partial charge on any atom is -0.294 e. The number of carbonyl (C=O) groups excluding carboxylic acids is 1. The second kappa shape index (κ2) is 13.2. The van der Waals surface area contributed by atoms with Crippen molar-refractivity contribution in [3.05, 3.63) is 73.7 Å². The van der Waals surface area contributed by atoms with Crippen molar-refractivity contribution in [2.45, 2.75) is 38.0 Å². The second-order valence-electron chi connectivity index (χ2n) is 8.25. The van der Waals surface area contributed by atoms with Crippen molar-refractivity contribution in [1.29, 1.82) is 0 Å². The number of carbonyl (C=O) groups is 1. The summed E-state index contributed by atoms with van der Waals surface area (Å²) in [6, 6.07) is 3.28. The molecule has 1 unspecified atom stereocenters. The molecule has 0 heterocycles. The average molecular weight is 632 g/mol. The third-order valence-corrected chi connectivity index (χ3v) is 7.60. The lowest BCUT2D eigenvalue weighted by molar-refractivity contribution is -0.140. The summed E-state index contributed by atoms with van der Waals surface area (Å²) in [4.78, 5) is 12.5. The average Bonchev–Trinajstić information content (AvgIpc) is 2.78. The summed E-state index contributed by atoms with van der Waals surface area (Å²) >= 11 is 18.1. The van der Waals surface area contributed by atoms with Crippen LogP contribution in [0.2, 0.25) is 15.1 Å². The molecule has 0 spiro atoms. The molecule has 14 heteroatoms. The molecule has 0 aliphatic heterocycles. The number of hydrogen-bond donors (Lipinski definition) is 0.